The fourth-order valence-electron chi connectivity index (χ4n) is 3.01. The lowest BCUT2D eigenvalue weighted by atomic mass is 10.1. The quantitative estimate of drug-likeness (QED) is 0.721. The monoisotopic (exact) mass is 368 g/mol. The highest BCUT2D eigenvalue weighted by atomic mass is 19.1. The Bertz CT molecular complexity index is 1010. The molecule has 0 aliphatic rings. The first-order valence-electron chi connectivity index (χ1n) is 8.73. The van der Waals surface area contributed by atoms with Crippen LogP contribution in [0.15, 0.2) is 46.9 Å². The van der Waals surface area contributed by atoms with Gasteiger partial charge in [-0.3, -0.25) is 9.59 Å². The Morgan fingerprint density at radius 3 is 2.67 bits per heavy atom. The molecule has 0 saturated heterocycles. The molecule has 0 spiro atoms. The molecule has 6 heteroatoms. The molecule has 1 aromatic heterocycles. The number of carbonyl (C=O) groups excluding carboxylic acids is 2. The topological polar surface area (TPSA) is 62.6 Å². The lowest BCUT2D eigenvalue weighted by Crippen LogP contribution is -2.27. The molecule has 3 aromatic rings. The van der Waals surface area contributed by atoms with E-state index in [1.807, 2.05) is 25.1 Å². The molecule has 2 amide bonds. The first-order valence-corrected chi connectivity index (χ1v) is 8.73. The lowest BCUT2D eigenvalue weighted by molar-refractivity contribution is -0.129. The van der Waals surface area contributed by atoms with Gasteiger partial charge >= 0.3 is 0 Å². The molecule has 3 rings (SSSR count). The van der Waals surface area contributed by atoms with E-state index in [1.54, 1.807) is 17.9 Å². The fourth-order valence-corrected chi connectivity index (χ4v) is 3.01. The molecule has 0 unspecified atom stereocenters. The van der Waals surface area contributed by atoms with Gasteiger partial charge in [0.15, 0.2) is 5.76 Å². The molecule has 0 fully saturated rings. The van der Waals surface area contributed by atoms with E-state index in [2.05, 4.69) is 5.32 Å². The highest BCUT2D eigenvalue weighted by molar-refractivity contribution is 6.06. The lowest BCUT2D eigenvalue weighted by Gasteiger charge is -2.19. The first-order chi connectivity index (χ1) is 12.9. The summed E-state index contributed by atoms with van der Waals surface area (Å²) in [5, 5.41) is 3.38. The van der Waals surface area contributed by atoms with Crippen molar-refractivity contribution in [2.45, 2.75) is 27.3 Å². The SMILES string of the molecule is CCN(Cc1cccc(NC(=O)c2oc3ccc(F)cc3c2C)c1)C(C)=O. The van der Waals surface area contributed by atoms with Gasteiger partial charge in [-0.25, -0.2) is 4.39 Å². The molecule has 1 N–H and O–H groups in total. The number of hydrogen-bond donors (Lipinski definition) is 1. The molecule has 0 saturated carbocycles. The molecule has 1 heterocycles. The Hall–Kier alpha value is -3.15. The third kappa shape index (κ3) is 4.00. The third-order valence-electron chi connectivity index (χ3n) is 4.49. The second-order valence-electron chi connectivity index (χ2n) is 6.38. The van der Waals surface area contributed by atoms with Crippen LogP contribution >= 0.6 is 0 Å². The van der Waals surface area contributed by atoms with Gasteiger partial charge in [-0.05, 0) is 49.7 Å². The molecule has 27 heavy (non-hydrogen) atoms. The number of carbonyl (C=O) groups is 2. The van der Waals surface area contributed by atoms with Crippen molar-refractivity contribution in [2.24, 2.45) is 0 Å². The molecular weight excluding hydrogens is 347 g/mol. The third-order valence-corrected chi connectivity index (χ3v) is 4.49. The van der Waals surface area contributed by atoms with Crippen LogP contribution in [0.4, 0.5) is 10.1 Å². The number of aryl methyl sites for hydroxylation is 1. The van der Waals surface area contributed by atoms with Gasteiger partial charge in [-0.15, -0.1) is 0 Å². The van der Waals surface area contributed by atoms with E-state index < -0.39 is 5.91 Å². The van der Waals surface area contributed by atoms with Crippen LogP contribution in [0.25, 0.3) is 11.0 Å². The zero-order valence-electron chi connectivity index (χ0n) is 15.5. The van der Waals surface area contributed by atoms with Crippen molar-refractivity contribution in [3.05, 3.63) is 65.2 Å². The van der Waals surface area contributed by atoms with Gasteiger partial charge in [-0.2, -0.15) is 0 Å². The van der Waals surface area contributed by atoms with Gasteiger partial charge in [0.2, 0.25) is 5.91 Å². The number of amides is 2. The number of anilines is 1. The number of benzene rings is 2. The molecule has 140 valence electrons. The van der Waals surface area contributed by atoms with Crippen molar-refractivity contribution in [3.63, 3.8) is 0 Å². The summed E-state index contributed by atoms with van der Waals surface area (Å²) in [6.45, 7) is 6.25. The summed E-state index contributed by atoms with van der Waals surface area (Å²) in [6.07, 6.45) is 0. The number of rotatable bonds is 5. The van der Waals surface area contributed by atoms with Crippen molar-refractivity contribution in [2.75, 3.05) is 11.9 Å². The Morgan fingerprint density at radius 2 is 1.96 bits per heavy atom. The molecule has 2 aromatic carbocycles. The van der Waals surface area contributed by atoms with E-state index >= 15 is 0 Å². The average molecular weight is 368 g/mol. The normalized spacial score (nSPS) is 10.8. The van der Waals surface area contributed by atoms with E-state index in [0.717, 1.165) is 5.56 Å². The molecule has 5 nitrogen and oxygen atoms in total. The Labute approximate surface area is 156 Å². The van der Waals surface area contributed by atoms with E-state index in [9.17, 15) is 14.0 Å². The van der Waals surface area contributed by atoms with Crippen molar-refractivity contribution in [3.8, 4) is 0 Å². The minimum Gasteiger partial charge on any atom is -0.451 e. The minimum atomic E-state index is -0.403. The van der Waals surface area contributed by atoms with Crippen molar-refractivity contribution in [1.29, 1.82) is 0 Å². The van der Waals surface area contributed by atoms with Crippen molar-refractivity contribution in [1.82, 2.24) is 4.90 Å². The molecule has 0 radical (unpaired) electrons. The van der Waals surface area contributed by atoms with Crippen LogP contribution in [0, 0.1) is 12.7 Å². The highest BCUT2D eigenvalue weighted by Crippen LogP contribution is 2.26. The average Bonchev–Trinajstić information content (AvgIpc) is 2.96. The van der Waals surface area contributed by atoms with Crippen LogP contribution in [0.3, 0.4) is 0 Å². The van der Waals surface area contributed by atoms with E-state index in [-0.39, 0.29) is 17.5 Å². The summed E-state index contributed by atoms with van der Waals surface area (Å²) in [4.78, 5) is 25.9. The smallest absolute Gasteiger partial charge is 0.291 e. The van der Waals surface area contributed by atoms with Crippen LogP contribution in [0.5, 0.6) is 0 Å². The summed E-state index contributed by atoms with van der Waals surface area (Å²) in [5.74, 6) is -0.630. The predicted molar refractivity (Wildman–Crippen MR) is 102 cm³/mol. The number of fused-ring (bicyclic) bond motifs is 1. The Morgan fingerprint density at radius 1 is 1.19 bits per heavy atom. The van der Waals surface area contributed by atoms with E-state index in [1.165, 1.54) is 25.1 Å². The summed E-state index contributed by atoms with van der Waals surface area (Å²) in [5.41, 5.74) is 2.57. The first kappa shape index (κ1) is 18.6. The second-order valence-corrected chi connectivity index (χ2v) is 6.38. The largest absolute Gasteiger partial charge is 0.451 e. The Kier molecular flexibility index (Phi) is 5.26. The number of nitrogens with zero attached hydrogens (tertiary/aromatic N) is 1. The molecule has 0 aliphatic carbocycles. The molecule has 0 atom stereocenters. The Balaban J connectivity index is 1.81. The maximum Gasteiger partial charge on any atom is 0.291 e. The van der Waals surface area contributed by atoms with Gasteiger partial charge in [0, 0.05) is 36.7 Å². The van der Waals surface area contributed by atoms with E-state index in [0.29, 0.717) is 35.3 Å². The maximum atomic E-state index is 13.4. The van der Waals surface area contributed by atoms with Crippen LogP contribution in [-0.4, -0.2) is 23.3 Å². The summed E-state index contributed by atoms with van der Waals surface area (Å²) >= 11 is 0. The van der Waals surface area contributed by atoms with Crippen LogP contribution < -0.4 is 5.32 Å². The molecule has 0 aliphatic heterocycles. The van der Waals surface area contributed by atoms with Gasteiger partial charge in [0.25, 0.3) is 5.91 Å². The number of halogens is 1. The van der Waals surface area contributed by atoms with E-state index in [4.69, 9.17) is 4.42 Å². The van der Waals surface area contributed by atoms with Gasteiger partial charge in [0.1, 0.15) is 11.4 Å². The van der Waals surface area contributed by atoms with Gasteiger partial charge < -0.3 is 14.6 Å². The zero-order valence-corrected chi connectivity index (χ0v) is 15.5. The summed E-state index contributed by atoms with van der Waals surface area (Å²) < 4.78 is 19.0. The maximum absolute atomic E-state index is 13.4. The second kappa shape index (κ2) is 7.61. The number of furan rings is 1. The summed E-state index contributed by atoms with van der Waals surface area (Å²) in [6, 6.07) is 11.5. The van der Waals surface area contributed by atoms with Crippen molar-refractivity contribution < 1.29 is 18.4 Å². The van der Waals surface area contributed by atoms with Crippen molar-refractivity contribution >= 4 is 28.5 Å². The van der Waals surface area contributed by atoms with Crippen LogP contribution in [-0.2, 0) is 11.3 Å². The van der Waals surface area contributed by atoms with Crippen LogP contribution in [0.1, 0.15) is 35.5 Å². The molecule has 0 bridgehead atoms. The minimum absolute atomic E-state index is 0.00271. The predicted octanol–water partition coefficient (Wildman–Crippen LogP) is 4.50. The highest BCUT2D eigenvalue weighted by Gasteiger charge is 2.18. The standard InChI is InChI=1S/C21H21FN2O3/c1-4-24(14(3)25)12-15-6-5-7-17(10-15)23-21(26)20-13(2)18-11-16(22)8-9-19(18)27-20/h5-11H,4,12H2,1-3H3,(H,23,26). The number of hydrogen-bond acceptors (Lipinski definition) is 3. The zero-order chi connectivity index (χ0) is 19.6. The van der Waals surface area contributed by atoms with Gasteiger partial charge in [0.05, 0.1) is 0 Å². The van der Waals surface area contributed by atoms with Crippen LogP contribution in [0.2, 0.25) is 0 Å². The van der Waals surface area contributed by atoms with Gasteiger partial charge in [-0.1, -0.05) is 12.1 Å². The fraction of sp³-hybridized carbons (Fsp3) is 0.238. The summed E-state index contributed by atoms with van der Waals surface area (Å²) in [7, 11) is 0. The number of nitrogens with one attached hydrogen (secondary N) is 1. The molecular formula is C21H21FN2O3.